The summed E-state index contributed by atoms with van der Waals surface area (Å²) in [6.45, 7) is 6.90. The van der Waals surface area contributed by atoms with Crippen LogP contribution in [0.2, 0.25) is 0 Å². The number of benzene rings is 1. The fourth-order valence-electron chi connectivity index (χ4n) is 2.78. The molecule has 0 spiro atoms. The molecular formula is C16H25N. The molecule has 1 aliphatic rings. The molecule has 1 aromatic rings. The van der Waals surface area contributed by atoms with Crippen LogP contribution in [0.3, 0.4) is 0 Å². The molecule has 2 rings (SSSR count). The molecule has 1 heteroatoms. The van der Waals surface area contributed by atoms with Gasteiger partial charge in [-0.1, -0.05) is 45.0 Å². The zero-order chi connectivity index (χ0) is 12.4. The summed E-state index contributed by atoms with van der Waals surface area (Å²) < 4.78 is 0. The Bertz CT molecular complexity index is 352. The lowest BCUT2D eigenvalue weighted by atomic mass is 9.97. The Balaban J connectivity index is 2.05. The molecular weight excluding hydrogens is 206 g/mol. The van der Waals surface area contributed by atoms with E-state index in [1.54, 1.807) is 0 Å². The lowest BCUT2D eigenvalue weighted by Gasteiger charge is -2.17. The van der Waals surface area contributed by atoms with E-state index in [-0.39, 0.29) is 0 Å². The first-order valence-corrected chi connectivity index (χ1v) is 6.88. The first-order valence-electron chi connectivity index (χ1n) is 6.88. The van der Waals surface area contributed by atoms with Crippen molar-refractivity contribution in [3.05, 3.63) is 35.4 Å². The largest absolute Gasteiger partial charge is 0.313 e. The van der Waals surface area contributed by atoms with E-state index in [2.05, 4.69) is 57.4 Å². The molecule has 0 saturated heterocycles. The molecule has 0 aromatic heterocycles. The molecule has 0 bridgehead atoms. The third-order valence-corrected chi connectivity index (χ3v) is 3.89. The van der Waals surface area contributed by atoms with Crippen molar-refractivity contribution >= 4 is 0 Å². The Kier molecular flexibility index (Phi) is 3.88. The van der Waals surface area contributed by atoms with Gasteiger partial charge in [-0.15, -0.1) is 0 Å². The molecule has 1 fully saturated rings. The topological polar surface area (TPSA) is 12.0 Å². The fourth-order valence-corrected chi connectivity index (χ4v) is 2.78. The van der Waals surface area contributed by atoms with Gasteiger partial charge in [0.25, 0.3) is 0 Å². The van der Waals surface area contributed by atoms with Crippen LogP contribution in [0, 0.1) is 17.8 Å². The van der Waals surface area contributed by atoms with Crippen LogP contribution in [-0.4, -0.2) is 7.05 Å². The second kappa shape index (κ2) is 5.22. The number of hydrogen-bond donors (Lipinski definition) is 1. The van der Waals surface area contributed by atoms with E-state index in [1.165, 1.54) is 24.0 Å². The number of hydrogen-bond acceptors (Lipinski definition) is 1. The van der Waals surface area contributed by atoms with Crippen LogP contribution in [0.15, 0.2) is 24.3 Å². The second-order valence-electron chi connectivity index (χ2n) is 5.98. The molecule has 1 aliphatic carbocycles. The summed E-state index contributed by atoms with van der Waals surface area (Å²) >= 11 is 0. The van der Waals surface area contributed by atoms with E-state index in [1.807, 2.05) is 0 Å². The maximum Gasteiger partial charge on any atom is 0.0348 e. The summed E-state index contributed by atoms with van der Waals surface area (Å²) in [6.07, 6.45) is 2.56. The molecule has 17 heavy (non-hydrogen) atoms. The fraction of sp³-hybridized carbons (Fsp3) is 0.625. The van der Waals surface area contributed by atoms with Crippen molar-refractivity contribution in [2.75, 3.05) is 7.05 Å². The lowest BCUT2D eigenvalue weighted by molar-refractivity contribution is 0.504. The monoisotopic (exact) mass is 231 g/mol. The van der Waals surface area contributed by atoms with Gasteiger partial charge in [-0.3, -0.25) is 0 Å². The Hall–Kier alpha value is -0.820. The summed E-state index contributed by atoms with van der Waals surface area (Å²) in [5.41, 5.74) is 2.91. The van der Waals surface area contributed by atoms with Crippen molar-refractivity contribution in [2.45, 2.75) is 39.7 Å². The standard InChI is InChI=1S/C16H25N/c1-11(2)9-13-5-7-14(8-6-13)16(17-4)15-10-12(15)3/h5-8,11-12,15-17H,9-10H2,1-4H3. The van der Waals surface area contributed by atoms with E-state index in [9.17, 15) is 0 Å². The normalized spacial score (nSPS) is 25.0. The highest BCUT2D eigenvalue weighted by Gasteiger charge is 2.39. The van der Waals surface area contributed by atoms with Crippen LogP contribution in [0.4, 0.5) is 0 Å². The van der Waals surface area contributed by atoms with Crippen molar-refractivity contribution in [2.24, 2.45) is 17.8 Å². The Labute approximate surface area is 106 Å². The highest BCUT2D eigenvalue weighted by Crippen LogP contribution is 2.46. The van der Waals surface area contributed by atoms with Gasteiger partial charge in [-0.05, 0) is 48.8 Å². The predicted octanol–water partition coefficient (Wildman–Crippen LogP) is 3.80. The van der Waals surface area contributed by atoms with Gasteiger partial charge in [0.15, 0.2) is 0 Å². The molecule has 1 N–H and O–H groups in total. The maximum absolute atomic E-state index is 3.47. The number of rotatable bonds is 5. The lowest BCUT2D eigenvalue weighted by Crippen LogP contribution is -2.19. The summed E-state index contributed by atoms with van der Waals surface area (Å²) in [6, 6.07) is 9.77. The molecule has 3 atom stereocenters. The molecule has 94 valence electrons. The van der Waals surface area contributed by atoms with Crippen molar-refractivity contribution in [1.29, 1.82) is 0 Å². The molecule has 3 unspecified atom stereocenters. The van der Waals surface area contributed by atoms with Crippen molar-refractivity contribution in [3.8, 4) is 0 Å². The zero-order valence-electron chi connectivity index (χ0n) is 11.5. The highest BCUT2D eigenvalue weighted by atomic mass is 14.9. The SMILES string of the molecule is CNC(c1ccc(CC(C)C)cc1)C1CC1C. The van der Waals surface area contributed by atoms with Crippen LogP contribution >= 0.6 is 0 Å². The quantitative estimate of drug-likeness (QED) is 0.812. The minimum Gasteiger partial charge on any atom is -0.313 e. The minimum atomic E-state index is 0.554. The molecule has 0 amide bonds. The molecule has 0 heterocycles. The highest BCUT2D eigenvalue weighted by molar-refractivity contribution is 5.27. The number of nitrogens with one attached hydrogen (secondary N) is 1. The van der Waals surface area contributed by atoms with E-state index in [0.717, 1.165) is 17.8 Å². The first kappa shape index (κ1) is 12.6. The van der Waals surface area contributed by atoms with Gasteiger partial charge >= 0.3 is 0 Å². The predicted molar refractivity (Wildman–Crippen MR) is 74.1 cm³/mol. The third kappa shape index (κ3) is 3.10. The van der Waals surface area contributed by atoms with E-state index < -0.39 is 0 Å². The van der Waals surface area contributed by atoms with Crippen LogP contribution in [0.25, 0.3) is 0 Å². The van der Waals surface area contributed by atoms with Gasteiger partial charge in [0, 0.05) is 6.04 Å². The van der Waals surface area contributed by atoms with Gasteiger partial charge in [0.2, 0.25) is 0 Å². The Morgan fingerprint density at radius 2 is 1.82 bits per heavy atom. The van der Waals surface area contributed by atoms with Crippen molar-refractivity contribution < 1.29 is 0 Å². The molecule has 1 aromatic carbocycles. The van der Waals surface area contributed by atoms with E-state index in [4.69, 9.17) is 0 Å². The van der Waals surface area contributed by atoms with Gasteiger partial charge in [0.1, 0.15) is 0 Å². The maximum atomic E-state index is 3.47. The van der Waals surface area contributed by atoms with E-state index in [0.29, 0.717) is 6.04 Å². The first-order chi connectivity index (χ1) is 8.11. The summed E-state index contributed by atoms with van der Waals surface area (Å²) in [4.78, 5) is 0. The average Bonchev–Trinajstić information content (AvgIpc) is 2.98. The summed E-state index contributed by atoms with van der Waals surface area (Å²) in [5, 5.41) is 3.47. The Morgan fingerprint density at radius 1 is 1.24 bits per heavy atom. The minimum absolute atomic E-state index is 0.554. The van der Waals surface area contributed by atoms with Gasteiger partial charge in [-0.25, -0.2) is 0 Å². The molecule has 1 saturated carbocycles. The second-order valence-corrected chi connectivity index (χ2v) is 5.98. The Morgan fingerprint density at radius 3 is 2.24 bits per heavy atom. The third-order valence-electron chi connectivity index (χ3n) is 3.89. The average molecular weight is 231 g/mol. The molecule has 0 aliphatic heterocycles. The molecule has 1 nitrogen and oxygen atoms in total. The van der Waals surface area contributed by atoms with Crippen LogP contribution < -0.4 is 5.32 Å². The van der Waals surface area contributed by atoms with Gasteiger partial charge in [0.05, 0.1) is 0 Å². The van der Waals surface area contributed by atoms with Gasteiger partial charge < -0.3 is 5.32 Å². The van der Waals surface area contributed by atoms with Crippen LogP contribution in [0.1, 0.15) is 44.4 Å². The summed E-state index contributed by atoms with van der Waals surface area (Å²) in [7, 11) is 2.08. The van der Waals surface area contributed by atoms with Crippen LogP contribution in [0.5, 0.6) is 0 Å². The smallest absolute Gasteiger partial charge is 0.0348 e. The van der Waals surface area contributed by atoms with Crippen LogP contribution in [-0.2, 0) is 6.42 Å². The summed E-state index contributed by atoms with van der Waals surface area (Å²) in [5.74, 6) is 2.48. The van der Waals surface area contributed by atoms with Crippen molar-refractivity contribution in [3.63, 3.8) is 0 Å². The zero-order valence-corrected chi connectivity index (χ0v) is 11.5. The molecule has 0 radical (unpaired) electrons. The van der Waals surface area contributed by atoms with E-state index >= 15 is 0 Å². The van der Waals surface area contributed by atoms with Gasteiger partial charge in [-0.2, -0.15) is 0 Å². The van der Waals surface area contributed by atoms with Crippen molar-refractivity contribution in [1.82, 2.24) is 5.32 Å².